The lowest BCUT2D eigenvalue weighted by Crippen LogP contribution is -2.30. The van der Waals surface area contributed by atoms with Crippen molar-refractivity contribution in [3.63, 3.8) is 0 Å². The van der Waals surface area contributed by atoms with Crippen LogP contribution in [0.2, 0.25) is 0 Å². The molecule has 0 unspecified atom stereocenters. The third-order valence-electron chi connectivity index (χ3n) is 6.51. The molecule has 0 saturated heterocycles. The topological polar surface area (TPSA) is 90.0 Å². The van der Waals surface area contributed by atoms with Gasteiger partial charge in [-0.15, -0.1) is 0 Å². The van der Waals surface area contributed by atoms with Gasteiger partial charge in [0.15, 0.2) is 5.65 Å². The van der Waals surface area contributed by atoms with Crippen molar-refractivity contribution in [2.45, 2.75) is 45.4 Å². The Morgan fingerprint density at radius 3 is 2.32 bits per heavy atom. The van der Waals surface area contributed by atoms with Gasteiger partial charge in [0.25, 0.3) is 0 Å². The molecule has 5 aromatic rings. The average molecular weight is 597 g/mol. The van der Waals surface area contributed by atoms with Crippen LogP contribution in [0.4, 0.5) is 32.0 Å². The van der Waals surface area contributed by atoms with E-state index in [4.69, 9.17) is 4.42 Å². The summed E-state index contributed by atoms with van der Waals surface area (Å²) in [6.45, 7) is 5.77. The molecule has 0 aliphatic heterocycles. The predicted octanol–water partition coefficient (Wildman–Crippen LogP) is 7.35. The molecule has 0 bridgehead atoms. The fraction of sp³-hybridized carbons (Fsp3) is 0.259. The normalized spacial score (nSPS) is 12.9. The first-order chi connectivity index (χ1) is 19.1. The quantitative estimate of drug-likeness (QED) is 0.207. The van der Waals surface area contributed by atoms with Gasteiger partial charge in [0.1, 0.15) is 17.1 Å². The van der Waals surface area contributed by atoms with Crippen molar-refractivity contribution in [2.24, 2.45) is 0 Å². The maximum Gasteiger partial charge on any atom is 0.516 e. The minimum atomic E-state index is -5.85. The number of halogens is 6. The molecular formula is C27H22F6N4O3S. The summed E-state index contributed by atoms with van der Waals surface area (Å²) in [7, 11) is -5.85. The lowest BCUT2D eigenvalue weighted by molar-refractivity contribution is -0.151. The number of furan rings is 1. The summed E-state index contributed by atoms with van der Waals surface area (Å²) < 4.78 is 113. The number of imidazole rings is 1. The molecule has 2 aromatic carbocycles. The Labute approximate surface area is 229 Å². The number of rotatable bonds is 6. The largest absolute Gasteiger partial charge is 0.516 e. The van der Waals surface area contributed by atoms with Gasteiger partial charge < -0.3 is 8.98 Å². The van der Waals surface area contributed by atoms with Gasteiger partial charge in [-0.05, 0) is 49.2 Å². The van der Waals surface area contributed by atoms with Crippen LogP contribution in [0.5, 0.6) is 0 Å². The molecule has 3 aromatic heterocycles. The van der Waals surface area contributed by atoms with Crippen molar-refractivity contribution in [2.75, 3.05) is 4.72 Å². The van der Waals surface area contributed by atoms with E-state index in [-0.39, 0.29) is 22.9 Å². The maximum atomic E-state index is 14.1. The summed E-state index contributed by atoms with van der Waals surface area (Å²) in [6.07, 6.45) is -4.41. The SMILES string of the molecule is CCc1nc2c(C)cc(C)nc2n1Cc1ccc2c(-c3ccccc3NS(=O)(=O)C(F)(F)F)oc(C(F)(F)F)c2c1. The summed E-state index contributed by atoms with van der Waals surface area (Å²) in [5.74, 6) is -1.11. The van der Waals surface area contributed by atoms with E-state index in [0.29, 0.717) is 29.0 Å². The zero-order valence-corrected chi connectivity index (χ0v) is 22.6. The second kappa shape index (κ2) is 9.79. The number of nitrogens with zero attached hydrogens (tertiary/aromatic N) is 3. The lowest BCUT2D eigenvalue weighted by atomic mass is 10.0. The van der Waals surface area contributed by atoms with Gasteiger partial charge in [-0.25, -0.2) is 9.97 Å². The summed E-state index contributed by atoms with van der Waals surface area (Å²) in [6, 6.07) is 10.9. The van der Waals surface area contributed by atoms with Crippen LogP contribution in [0.1, 0.15) is 35.3 Å². The second-order valence-electron chi connectivity index (χ2n) is 9.46. The number of alkyl halides is 6. The number of para-hydroxylation sites is 1. The predicted molar refractivity (Wildman–Crippen MR) is 141 cm³/mol. The Bertz CT molecular complexity index is 1910. The minimum Gasteiger partial charge on any atom is -0.450 e. The highest BCUT2D eigenvalue weighted by Gasteiger charge is 2.46. The molecular weight excluding hydrogens is 574 g/mol. The molecule has 0 aliphatic rings. The first kappa shape index (κ1) is 28.5. The number of fused-ring (bicyclic) bond motifs is 2. The smallest absolute Gasteiger partial charge is 0.450 e. The number of pyridine rings is 1. The lowest BCUT2D eigenvalue weighted by Gasteiger charge is -2.13. The van der Waals surface area contributed by atoms with Gasteiger partial charge in [-0.2, -0.15) is 34.8 Å². The fourth-order valence-electron chi connectivity index (χ4n) is 4.74. The Kier molecular flexibility index (Phi) is 6.79. The number of benzene rings is 2. The summed E-state index contributed by atoms with van der Waals surface area (Å²) in [5.41, 5.74) is -3.11. The van der Waals surface area contributed by atoms with Crippen molar-refractivity contribution >= 4 is 37.6 Å². The number of anilines is 1. The van der Waals surface area contributed by atoms with Gasteiger partial charge in [-0.3, -0.25) is 4.72 Å². The molecule has 0 amide bonds. The van der Waals surface area contributed by atoms with E-state index in [0.717, 1.165) is 17.3 Å². The van der Waals surface area contributed by atoms with Gasteiger partial charge in [0.2, 0.25) is 5.76 Å². The van der Waals surface area contributed by atoms with E-state index in [1.807, 2.05) is 31.4 Å². The van der Waals surface area contributed by atoms with Crippen molar-refractivity contribution < 1.29 is 39.2 Å². The minimum absolute atomic E-state index is 0.0595. The number of hydrogen-bond donors (Lipinski definition) is 1. The van der Waals surface area contributed by atoms with Crippen molar-refractivity contribution in [3.8, 4) is 11.3 Å². The number of nitrogens with one attached hydrogen (secondary N) is 1. The maximum absolute atomic E-state index is 14.1. The van der Waals surface area contributed by atoms with Crippen LogP contribution in [0.3, 0.4) is 0 Å². The molecule has 0 spiro atoms. The number of aryl methyl sites for hydroxylation is 3. The number of aromatic nitrogens is 3. The third-order valence-corrected chi connectivity index (χ3v) is 7.61. The van der Waals surface area contributed by atoms with Gasteiger partial charge in [-0.1, -0.05) is 31.2 Å². The van der Waals surface area contributed by atoms with Crippen LogP contribution in [0.25, 0.3) is 33.3 Å². The number of sulfonamides is 1. The first-order valence-electron chi connectivity index (χ1n) is 12.2. The molecule has 7 nitrogen and oxygen atoms in total. The van der Waals surface area contributed by atoms with Gasteiger partial charge in [0.05, 0.1) is 12.2 Å². The van der Waals surface area contributed by atoms with Crippen molar-refractivity contribution in [3.05, 3.63) is 76.9 Å². The monoisotopic (exact) mass is 596 g/mol. The highest BCUT2D eigenvalue weighted by molar-refractivity contribution is 7.93. The van der Waals surface area contributed by atoms with Crippen molar-refractivity contribution in [1.82, 2.24) is 14.5 Å². The molecule has 5 rings (SSSR count). The highest BCUT2D eigenvalue weighted by atomic mass is 32.2. The van der Waals surface area contributed by atoms with Crippen LogP contribution in [0, 0.1) is 13.8 Å². The van der Waals surface area contributed by atoms with Crippen LogP contribution in [0.15, 0.2) is 52.9 Å². The van der Waals surface area contributed by atoms with E-state index in [1.165, 1.54) is 35.1 Å². The molecule has 1 N–H and O–H groups in total. The summed E-state index contributed by atoms with van der Waals surface area (Å²) in [5, 5.41) is -0.392. The molecule has 0 saturated carbocycles. The van der Waals surface area contributed by atoms with Gasteiger partial charge in [0, 0.05) is 28.5 Å². The molecule has 0 aliphatic carbocycles. The molecule has 216 valence electrons. The molecule has 14 heteroatoms. The summed E-state index contributed by atoms with van der Waals surface area (Å²) in [4.78, 5) is 9.24. The Hall–Kier alpha value is -4.07. The Morgan fingerprint density at radius 2 is 1.66 bits per heavy atom. The second-order valence-corrected chi connectivity index (χ2v) is 11.1. The van der Waals surface area contributed by atoms with E-state index in [1.54, 1.807) is 6.07 Å². The van der Waals surface area contributed by atoms with E-state index < -0.39 is 38.9 Å². The van der Waals surface area contributed by atoms with E-state index in [2.05, 4.69) is 9.97 Å². The highest BCUT2D eigenvalue weighted by Crippen LogP contribution is 2.44. The number of hydrogen-bond acceptors (Lipinski definition) is 5. The Balaban J connectivity index is 1.66. The molecule has 0 atom stereocenters. The third kappa shape index (κ3) is 5.11. The van der Waals surface area contributed by atoms with Crippen LogP contribution >= 0.6 is 0 Å². The zero-order chi connectivity index (χ0) is 29.9. The van der Waals surface area contributed by atoms with Crippen LogP contribution < -0.4 is 4.72 Å². The first-order valence-corrected chi connectivity index (χ1v) is 13.7. The van der Waals surface area contributed by atoms with E-state index >= 15 is 0 Å². The molecule has 0 fully saturated rings. The van der Waals surface area contributed by atoms with Crippen molar-refractivity contribution in [1.29, 1.82) is 0 Å². The summed E-state index contributed by atoms with van der Waals surface area (Å²) >= 11 is 0. The standard InChI is InChI=1S/C27H22F6N4O3S/c1-4-21-35-22-14(2)11-15(3)34-25(22)37(21)13-16-9-10-17-19(12-16)24(26(28,29)30)40-23(17)18-7-5-6-8-20(18)36-41(38,39)27(31,32)33/h5-12,36H,4,13H2,1-3H3. The zero-order valence-electron chi connectivity index (χ0n) is 21.8. The average Bonchev–Trinajstić information content (AvgIpc) is 3.42. The molecule has 3 heterocycles. The van der Waals surface area contributed by atoms with E-state index in [9.17, 15) is 34.8 Å². The molecule has 0 radical (unpaired) electrons. The molecule has 41 heavy (non-hydrogen) atoms. The fourth-order valence-corrected chi connectivity index (χ4v) is 5.32. The Morgan fingerprint density at radius 1 is 0.951 bits per heavy atom. The van der Waals surface area contributed by atoms with Gasteiger partial charge >= 0.3 is 21.7 Å². The van der Waals surface area contributed by atoms with Crippen LogP contribution in [-0.4, -0.2) is 28.5 Å². The van der Waals surface area contributed by atoms with Crippen LogP contribution in [-0.2, 0) is 29.2 Å².